The van der Waals surface area contributed by atoms with E-state index in [2.05, 4.69) is 15.4 Å². The Morgan fingerprint density at radius 2 is 1.93 bits per heavy atom. The highest BCUT2D eigenvalue weighted by Gasteiger charge is 2.22. The summed E-state index contributed by atoms with van der Waals surface area (Å²) in [4.78, 5) is 30.0. The largest absolute Gasteiger partial charge is 0.354 e. The number of benzene rings is 1. The van der Waals surface area contributed by atoms with Crippen LogP contribution in [0.4, 0.5) is 0 Å². The van der Waals surface area contributed by atoms with Crippen LogP contribution in [0.2, 0.25) is 0 Å². The first-order valence-corrected chi connectivity index (χ1v) is 10.8. The lowest BCUT2D eigenvalue weighted by Gasteiger charge is -2.11. The molecular weight excluding hydrogens is 384 g/mol. The van der Waals surface area contributed by atoms with Gasteiger partial charge in [0.15, 0.2) is 0 Å². The Hall–Kier alpha value is -2.80. The van der Waals surface area contributed by atoms with E-state index in [-0.39, 0.29) is 17.4 Å². The second-order valence-corrected chi connectivity index (χ2v) is 8.35. The average molecular weight is 409 g/mol. The van der Waals surface area contributed by atoms with Gasteiger partial charge in [0.25, 0.3) is 5.56 Å². The minimum Gasteiger partial charge on any atom is -0.354 e. The average Bonchev–Trinajstić information content (AvgIpc) is 3.40. The van der Waals surface area contributed by atoms with Crippen molar-refractivity contribution in [3.05, 3.63) is 58.5 Å². The Morgan fingerprint density at radius 3 is 2.69 bits per heavy atom. The first-order chi connectivity index (χ1) is 14.1. The Balaban J connectivity index is 1.49. The van der Waals surface area contributed by atoms with Gasteiger partial charge in [-0.25, -0.2) is 9.67 Å². The molecule has 1 fully saturated rings. The number of hydrogen-bond acceptors (Lipinski definition) is 5. The summed E-state index contributed by atoms with van der Waals surface area (Å²) in [5, 5.41) is 8.41. The van der Waals surface area contributed by atoms with E-state index in [4.69, 9.17) is 0 Å². The van der Waals surface area contributed by atoms with Gasteiger partial charge in [0.2, 0.25) is 5.91 Å². The summed E-state index contributed by atoms with van der Waals surface area (Å²) in [6, 6.07) is 13.3. The Morgan fingerprint density at radius 1 is 1.17 bits per heavy atom. The number of amides is 1. The molecule has 1 saturated carbocycles. The van der Waals surface area contributed by atoms with Gasteiger partial charge >= 0.3 is 0 Å². The second kappa shape index (κ2) is 8.69. The number of thiazole rings is 1. The molecule has 7 heteroatoms. The smallest absolute Gasteiger partial charge is 0.266 e. The molecule has 150 valence electrons. The molecule has 3 aromatic rings. The number of nitrogens with one attached hydrogen (secondary N) is 1. The molecule has 1 aliphatic rings. The topological polar surface area (TPSA) is 76.9 Å². The van der Waals surface area contributed by atoms with E-state index in [1.807, 2.05) is 37.3 Å². The second-order valence-electron chi connectivity index (χ2n) is 7.35. The van der Waals surface area contributed by atoms with Crippen LogP contribution in [-0.2, 0) is 11.3 Å². The van der Waals surface area contributed by atoms with Crippen molar-refractivity contribution in [3.8, 4) is 21.1 Å². The molecule has 6 nitrogen and oxygen atoms in total. The van der Waals surface area contributed by atoms with Gasteiger partial charge in [-0.2, -0.15) is 5.10 Å². The summed E-state index contributed by atoms with van der Waals surface area (Å²) < 4.78 is 1.42. The lowest BCUT2D eigenvalue weighted by atomic mass is 10.1. The first kappa shape index (κ1) is 19.5. The predicted molar refractivity (Wildman–Crippen MR) is 115 cm³/mol. The summed E-state index contributed by atoms with van der Waals surface area (Å²) in [5.74, 6) is 0.222. The number of carbonyl (C=O) groups is 1. The maximum atomic E-state index is 12.2. The molecule has 1 aliphatic carbocycles. The van der Waals surface area contributed by atoms with Crippen LogP contribution in [0.5, 0.6) is 0 Å². The van der Waals surface area contributed by atoms with Crippen molar-refractivity contribution in [2.24, 2.45) is 5.92 Å². The van der Waals surface area contributed by atoms with Crippen LogP contribution in [-0.4, -0.2) is 27.2 Å². The summed E-state index contributed by atoms with van der Waals surface area (Å²) in [6.07, 6.45) is 4.18. The van der Waals surface area contributed by atoms with Gasteiger partial charge in [-0.1, -0.05) is 43.2 Å². The van der Waals surface area contributed by atoms with Crippen molar-refractivity contribution in [1.29, 1.82) is 0 Å². The fourth-order valence-corrected chi connectivity index (χ4v) is 4.72. The summed E-state index contributed by atoms with van der Waals surface area (Å²) in [7, 11) is 0. The molecule has 0 radical (unpaired) electrons. The molecule has 0 saturated heterocycles. The SMILES string of the molecule is Cc1nc(-c2ccccc2)sc1-c1ccc(=O)n(CCNC(=O)C2CCCC2)n1. The van der Waals surface area contributed by atoms with Crippen molar-refractivity contribution in [2.45, 2.75) is 39.2 Å². The maximum absolute atomic E-state index is 12.2. The lowest BCUT2D eigenvalue weighted by Crippen LogP contribution is -2.34. The molecule has 1 N–H and O–H groups in total. The normalized spacial score (nSPS) is 14.2. The highest BCUT2D eigenvalue weighted by molar-refractivity contribution is 7.18. The van der Waals surface area contributed by atoms with Gasteiger partial charge < -0.3 is 5.32 Å². The molecular formula is C22H24N4O2S. The molecule has 0 unspecified atom stereocenters. The van der Waals surface area contributed by atoms with Crippen molar-refractivity contribution >= 4 is 17.2 Å². The standard InChI is InChI=1S/C22H24N4O2S/c1-15-20(29-22(24-15)17-9-3-2-4-10-17)18-11-12-19(27)26(25-18)14-13-23-21(28)16-7-5-6-8-16/h2-4,9-12,16H,5-8,13-14H2,1H3,(H,23,28). The van der Waals surface area contributed by atoms with Crippen LogP contribution in [0.25, 0.3) is 21.1 Å². The van der Waals surface area contributed by atoms with Crippen molar-refractivity contribution in [1.82, 2.24) is 20.1 Å². The monoisotopic (exact) mass is 408 g/mol. The highest BCUT2D eigenvalue weighted by atomic mass is 32.1. The van der Waals surface area contributed by atoms with Gasteiger partial charge in [0, 0.05) is 24.1 Å². The van der Waals surface area contributed by atoms with Crippen LogP contribution >= 0.6 is 11.3 Å². The minimum absolute atomic E-state index is 0.0949. The third-order valence-electron chi connectivity index (χ3n) is 5.27. The minimum atomic E-state index is -0.172. The molecule has 0 bridgehead atoms. The quantitative estimate of drug-likeness (QED) is 0.675. The number of hydrogen-bond donors (Lipinski definition) is 1. The molecule has 0 atom stereocenters. The third kappa shape index (κ3) is 4.45. The fourth-order valence-electron chi connectivity index (χ4n) is 3.69. The molecule has 0 spiro atoms. The van der Waals surface area contributed by atoms with E-state index < -0.39 is 0 Å². The van der Waals surface area contributed by atoms with Gasteiger partial charge in [-0.15, -0.1) is 11.3 Å². The number of nitrogens with zero attached hydrogens (tertiary/aromatic N) is 3. The molecule has 2 aromatic heterocycles. The first-order valence-electron chi connectivity index (χ1n) is 10.0. The molecule has 1 amide bonds. The number of aryl methyl sites for hydroxylation is 1. The molecule has 4 rings (SSSR count). The Kier molecular flexibility index (Phi) is 5.85. The number of carbonyl (C=O) groups excluding carboxylic acids is 1. The third-order valence-corrected chi connectivity index (χ3v) is 6.49. The summed E-state index contributed by atoms with van der Waals surface area (Å²) >= 11 is 1.57. The summed E-state index contributed by atoms with van der Waals surface area (Å²) in [6.45, 7) is 2.72. The zero-order chi connectivity index (χ0) is 20.2. The summed E-state index contributed by atoms with van der Waals surface area (Å²) in [5.41, 5.74) is 2.51. The van der Waals surface area contributed by atoms with Gasteiger partial charge in [-0.3, -0.25) is 9.59 Å². The molecule has 2 heterocycles. The van der Waals surface area contributed by atoms with E-state index >= 15 is 0 Å². The Bertz CT molecular complexity index is 1050. The molecule has 29 heavy (non-hydrogen) atoms. The van der Waals surface area contributed by atoms with Gasteiger partial charge in [0.05, 0.1) is 17.1 Å². The lowest BCUT2D eigenvalue weighted by molar-refractivity contribution is -0.124. The highest BCUT2D eigenvalue weighted by Crippen LogP contribution is 2.33. The van der Waals surface area contributed by atoms with Crippen LogP contribution in [0.1, 0.15) is 31.4 Å². The van der Waals surface area contributed by atoms with E-state index in [1.54, 1.807) is 17.4 Å². The maximum Gasteiger partial charge on any atom is 0.266 e. The fraction of sp³-hybridized carbons (Fsp3) is 0.364. The number of aromatic nitrogens is 3. The van der Waals surface area contributed by atoms with Crippen molar-refractivity contribution < 1.29 is 4.79 Å². The molecule has 1 aromatic carbocycles. The van der Waals surface area contributed by atoms with E-state index in [1.165, 1.54) is 10.7 Å². The zero-order valence-electron chi connectivity index (χ0n) is 16.4. The van der Waals surface area contributed by atoms with Crippen molar-refractivity contribution in [2.75, 3.05) is 6.54 Å². The number of rotatable bonds is 6. The predicted octanol–water partition coefficient (Wildman–Crippen LogP) is 3.65. The van der Waals surface area contributed by atoms with E-state index in [0.29, 0.717) is 13.1 Å². The van der Waals surface area contributed by atoms with Gasteiger partial charge in [0.1, 0.15) is 10.7 Å². The van der Waals surface area contributed by atoms with Crippen LogP contribution in [0.15, 0.2) is 47.3 Å². The van der Waals surface area contributed by atoms with E-state index in [9.17, 15) is 9.59 Å². The zero-order valence-corrected chi connectivity index (χ0v) is 17.2. The van der Waals surface area contributed by atoms with Crippen molar-refractivity contribution in [3.63, 3.8) is 0 Å². The van der Waals surface area contributed by atoms with Crippen LogP contribution in [0.3, 0.4) is 0 Å². The van der Waals surface area contributed by atoms with Gasteiger partial charge in [-0.05, 0) is 25.8 Å². The van der Waals surface area contributed by atoms with Crippen LogP contribution in [0, 0.1) is 12.8 Å². The Labute approximate surface area is 173 Å². The van der Waals surface area contributed by atoms with Crippen LogP contribution < -0.4 is 10.9 Å². The molecule has 0 aliphatic heterocycles. The van der Waals surface area contributed by atoms with E-state index in [0.717, 1.165) is 52.5 Å².